The lowest BCUT2D eigenvalue weighted by Gasteiger charge is -2.18. The lowest BCUT2D eigenvalue weighted by molar-refractivity contribution is 0.636. The molecule has 3 N–H and O–H groups in total. The van der Waals surface area contributed by atoms with E-state index in [4.69, 9.17) is 17.4 Å². The molecule has 0 aliphatic rings. The minimum Gasteiger partial charge on any atom is -0.271 e. The smallest absolute Gasteiger partial charge is 0.0710 e. The summed E-state index contributed by atoms with van der Waals surface area (Å²) < 4.78 is 0. The molecule has 2 aromatic rings. The van der Waals surface area contributed by atoms with E-state index in [1.165, 1.54) is 5.56 Å². The van der Waals surface area contributed by atoms with Crippen LogP contribution >= 0.6 is 11.6 Å². The number of hydrazine groups is 1. The van der Waals surface area contributed by atoms with Crippen molar-refractivity contribution in [2.45, 2.75) is 26.3 Å². The Kier molecular flexibility index (Phi) is 4.59. The summed E-state index contributed by atoms with van der Waals surface area (Å²) in [6, 6.07) is 14.4. The van der Waals surface area contributed by atoms with E-state index in [2.05, 4.69) is 42.7 Å². The zero-order chi connectivity index (χ0) is 13.8. The zero-order valence-electron chi connectivity index (χ0n) is 11.3. The highest BCUT2D eigenvalue weighted by atomic mass is 35.5. The molecule has 100 valence electrons. The summed E-state index contributed by atoms with van der Waals surface area (Å²) in [5, 5.41) is 0.738. The zero-order valence-corrected chi connectivity index (χ0v) is 12.0. The first-order valence-corrected chi connectivity index (χ1v) is 6.84. The molecule has 0 spiro atoms. The van der Waals surface area contributed by atoms with Crippen molar-refractivity contribution in [1.82, 2.24) is 5.43 Å². The molecule has 0 saturated heterocycles. The topological polar surface area (TPSA) is 38.0 Å². The number of halogens is 1. The molecule has 0 bridgehead atoms. The Balaban J connectivity index is 2.43. The monoisotopic (exact) mass is 274 g/mol. The molecule has 0 heterocycles. The van der Waals surface area contributed by atoms with Gasteiger partial charge in [0, 0.05) is 5.02 Å². The first-order chi connectivity index (χ1) is 9.13. The second-order valence-corrected chi connectivity index (χ2v) is 5.20. The second-order valence-electron chi connectivity index (χ2n) is 4.76. The maximum atomic E-state index is 6.13. The molecule has 19 heavy (non-hydrogen) atoms. The summed E-state index contributed by atoms with van der Waals surface area (Å²) in [7, 11) is 0. The minimum atomic E-state index is -0.0381. The van der Waals surface area contributed by atoms with Gasteiger partial charge >= 0.3 is 0 Å². The van der Waals surface area contributed by atoms with Gasteiger partial charge in [-0.2, -0.15) is 0 Å². The van der Waals surface area contributed by atoms with Gasteiger partial charge in [-0.25, -0.2) is 5.43 Å². The molecule has 2 aromatic carbocycles. The standard InChI is InChI=1S/C16H19ClN2/c1-3-12-5-4-6-13(9-12)16(19-18)14-7-11(2)8-15(17)10-14/h4-10,16,19H,3,18H2,1-2H3. The Morgan fingerprint density at radius 1 is 1.16 bits per heavy atom. The maximum absolute atomic E-state index is 6.13. The average molecular weight is 275 g/mol. The van der Waals surface area contributed by atoms with Crippen molar-refractivity contribution in [3.63, 3.8) is 0 Å². The molecule has 0 saturated carbocycles. The Morgan fingerprint density at radius 3 is 2.58 bits per heavy atom. The fourth-order valence-electron chi connectivity index (χ4n) is 2.31. The van der Waals surface area contributed by atoms with Crippen LogP contribution in [0.25, 0.3) is 0 Å². The quantitative estimate of drug-likeness (QED) is 0.658. The van der Waals surface area contributed by atoms with Crippen LogP contribution in [0.15, 0.2) is 42.5 Å². The number of rotatable bonds is 4. The van der Waals surface area contributed by atoms with Gasteiger partial charge in [0.05, 0.1) is 6.04 Å². The lowest BCUT2D eigenvalue weighted by Crippen LogP contribution is -2.29. The van der Waals surface area contributed by atoms with Gasteiger partial charge in [-0.05, 0) is 47.7 Å². The first-order valence-electron chi connectivity index (χ1n) is 6.46. The van der Waals surface area contributed by atoms with E-state index < -0.39 is 0 Å². The molecule has 0 aliphatic carbocycles. The Labute approximate surface area is 119 Å². The van der Waals surface area contributed by atoms with Crippen LogP contribution in [-0.2, 0) is 6.42 Å². The highest BCUT2D eigenvalue weighted by Crippen LogP contribution is 2.26. The number of nitrogens with one attached hydrogen (secondary N) is 1. The van der Waals surface area contributed by atoms with E-state index in [1.807, 2.05) is 19.1 Å². The largest absolute Gasteiger partial charge is 0.271 e. The SMILES string of the molecule is CCc1cccc(C(NN)c2cc(C)cc(Cl)c2)c1. The van der Waals surface area contributed by atoms with Crippen molar-refractivity contribution < 1.29 is 0 Å². The van der Waals surface area contributed by atoms with Crippen molar-refractivity contribution in [1.29, 1.82) is 0 Å². The highest BCUT2D eigenvalue weighted by molar-refractivity contribution is 6.30. The van der Waals surface area contributed by atoms with Gasteiger partial charge in [-0.3, -0.25) is 5.84 Å². The van der Waals surface area contributed by atoms with E-state index in [-0.39, 0.29) is 6.04 Å². The van der Waals surface area contributed by atoms with Crippen LogP contribution in [0.1, 0.15) is 35.2 Å². The third-order valence-electron chi connectivity index (χ3n) is 3.26. The summed E-state index contributed by atoms with van der Waals surface area (Å²) in [6.07, 6.45) is 1.01. The molecule has 0 radical (unpaired) electrons. The number of benzene rings is 2. The third kappa shape index (κ3) is 3.35. The molecule has 0 fully saturated rings. The molecule has 0 amide bonds. The summed E-state index contributed by atoms with van der Waals surface area (Å²) in [4.78, 5) is 0. The average Bonchev–Trinajstić information content (AvgIpc) is 2.39. The first kappa shape index (κ1) is 14.1. The van der Waals surface area contributed by atoms with Gasteiger partial charge in [0.25, 0.3) is 0 Å². The van der Waals surface area contributed by atoms with E-state index in [0.717, 1.165) is 28.1 Å². The fraction of sp³-hybridized carbons (Fsp3) is 0.250. The Hall–Kier alpha value is -1.35. The van der Waals surface area contributed by atoms with Gasteiger partial charge in [-0.1, -0.05) is 48.9 Å². The molecule has 1 unspecified atom stereocenters. The molecular formula is C16H19ClN2. The number of hydrogen-bond acceptors (Lipinski definition) is 2. The second kappa shape index (κ2) is 6.20. The minimum absolute atomic E-state index is 0.0381. The highest BCUT2D eigenvalue weighted by Gasteiger charge is 2.13. The lowest BCUT2D eigenvalue weighted by atomic mass is 9.96. The Bertz CT molecular complexity index is 546. The number of aryl methyl sites for hydroxylation is 2. The molecule has 0 aliphatic heterocycles. The van der Waals surface area contributed by atoms with Crippen LogP contribution in [-0.4, -0.2) is 0 Å². The summed E-state index contributed by atoms with van der Waals surface area (Å²) >= 11 is 6.13. The molecular weight excluding hydrogens is 256 g/mol. The normalized spacial score (nSPS) is 12.4. The van der Waals surface area contributed by atoms with Crippen LogP contribution < -0.4 is 11.3 Å². The van der Waals surface area contributed by atoms with Crippen molar-refractivity contribution in [2.75, 3.05) is 0 Å². The van der Waals surface area contributed by atoms with E-state index in [1.54, 1.807) is 0 Å². The predicted molar refractivity (Wildman–Crippen MR) is 81.2 cm³/mol. The summed E-state index contributed by atoms with van der Waals surface area (Å²) in [6.45, 7) is 4.18. The van der Waals surface area contributed by atoms with Crippen LogP contribution in [0.5, 0.6) is 0 Å². The van der Waals surface area contributed by atoms with Crippen LogP contribution in [0, 0.1) is 6.92 Å². The van der Waals surface area contributed by atoms with Gasteiger partial charge in [-0.15, -0.1) is 0 Å². The molecule has 2 rings (SSSR count). The molecule has 1 atom stereocenters. The van der Waals surface area contributed by atoms with Crippen LogP contribution in [0.4, 0.5) is 0 Å². The number of nitrogens with two attached hydrogens (primary N) is 1. The van der Waals surface area contributed by atoms with E-state index in [9.17, 15) is 0 Å². The number of hydrogen-bond donors (Lipinski definition) is 2. The maximum Gasteiger partial charge on any atom is 0.0710 e. The molecule has 0 aromatic heterocycles. The van der Waals surface area contributed by atoms with Gasteiger partial charge in [0.2, 0.25) is 0 Å². The summed E-state index contributed by atoms with van der Waals surface area (Å²) in [5.41, 5.74) is 7.56. The van der Waals surface area contributed by atoms with Crippen LogP contribution in [0.2, 0.25) is 5.02 Å². The van der Waals surface area contributed by atoms with Crippen LogP contribution in [0.3, 0.4) is 0 Å². The summed E-state index contributed by atoms with van der Waals surface area (Å²) in [5.74, 6) is 5.74. The third-order valence-corrected chi connectivity index (χ3v) is 3.48. The van der Waals surface area contributed by atoms with Crippen molar-refractivity contribution in [3.8, 4) is 0 Å². The van der Waals surface area contributed by atoms with Crippen molar-refractivity contribution >= 4 is 11.6 Å². The molecule has 2 nitrogen and oxygen atoms in total. The van der Waals surface area contributed by atoms with E-state index in [0.29, 0.717) is 0 Å². The Morgan fingerprint density at radius 2 is 1.95 bits per heavy atom. The van der Waals surface area contributed by atoms with Crippen molar-refractivity contribution in [2.24, 2.45) is 5.84 Å². The van der Waals surface area contributed by atoms with Gasteiger partial charge in [0.15, 0.2) is 0 Å². The van der Waals surface area contributed by atoms with Gasteiger partial charge in [0.1, 0.15) is 0 Å². The van der Waals surface area contributed by atoms with Crippen molar-refractivity contribution in [3.05, 3.63) is 69.7 Å². The fourth-order valence-corrected chi connectivity index (χ4v) is 2.61. The predicted octanol–water partition coefficient (Wildman–Crippen LogP) is 3.76. The van der Waals surface area contributed by atoms with Gasteiger partial charge < -0.3 is 0 Å². The molecule has 3 heteroatoms. The van der Waals surface area contributed by atoms with E-state index >= 15 is 0 Å².